The van der Waals surface area contributed by atoms with Crippen LogP contribution in [0, 0.1) is 5.92 Å². The van der Waals surface area contributed by atoms with Crippen LogP contribution in [0.15, 0.2) is 29.7 Å². The van der Waals surface area contributed by atoms with E-state index in [0.29, 0.717) is 18.1 Å². The molecule has 20 heavy (non-hydrogen) atoms. The minimum absolute atomic E-state index is 0.0346. The Kier molecular flexibility index (Phi) is 5.21. The molecule has 1 fully saturated rings. The van der Waals surface area contributed by atoms with Crippen molar-refractivity contribution in [3.63, 3.8) is 0 Å². The van der Waals surface area contributed by atoms with Crippen LogP contribution in [-0.4, -0.2) is 37.5 Å². The number of benzene rings is 1. The van der Waals surface area contributed by atoms with Gasteiger partial charge in [-0.2, -0.15) is 4.31 Å². The zero-order chi connectivity index (χ0) is 14.6. The predicted molar refractivity (Wildman–Crippen MR) is 80.8 cm³/mol. The quantitative estimate of drug-likeness (QED) is 0.928. The molecule has 4 nitrogen and oxygen atoms in total. The summed E-state index contributed by atoms with van der Waals surface area (Å²) in [6, 6.07) is 6.97. The molecule has 1 aliphatic rings. The number of hydrogen-bond acceptors (Lipinski definition) is 3. The molecule has 1 saturated heterocycles. The molecular weight excluding hydrogens is 298 g/mol. The fourth-order valence-corrected chi connectivity index (χ4v) is 3.66. The average molecular weight is 316 g/mol. The normalized spacial score (nSPS) is 21.4. The van der Waals surface area contributed by atoms with Crippen LogP contribution in [0.1, 0.15) is 18.4 Å². The zero-order valence-electron chi connectivity index (χ0n) is 11.1. The van der Waals surface area contributed by atoms with Gasteiger partial charge in [-0.1, -0.05) is 23.7 Å². The lowest BCUT2D eigenvalue weighted by atomic mass is 10.0. The highest BCUT2D eigenvalue weighted by atomic mass is 35.5. The minimum atomic E-state index is -3.43. The molecule has 0 saturated carbocycles. The van der Waals surface area contributed by atoms with Gasteiger partial charge in [0, 0.05) is 30.1 Å². The molecule has 1 unspecified atom stereocenters. The van der Waals surface area contributed by atoms with Crippen molar-refractivity contribution in [3.05, 3.63) is 40.3 Å². The van der Waals surface area contributed by atoms with Gasteiger partial charge in [0.15, 0.2) is 0 Å². The lowest BCUT2D eigenvalue weighted by Gasteiger charge is -2.29. The van der Waals surface area contributed by atoms with Crippen LogP contribution >= 0.6 is 11.6 Å². The van der Waals surface area contributed by atoms with Crippen molar-refractivity contribution < 1.29 is 13.5 Å². The van der Waals surface area contributed by atoms with E-state index in [1.54, 1.807) is 30.3 Å². The number of halogens is 1. The zero-order valence-corrected chi connectivity index (χ0v) is 12.6. The molecule has 0 spiro atoms. The molecule has 1 aliphatic heterocycles. The van der Waals surface area contributed by atoms with Crippen LogP contribution in [0.4, 0.5) is 0 Å². The number of nitrogens with zero attached hydrogens (tertiary/aromatic N) is 1. The van der Waals surface area contributed by atoms with Gasteiger partial charge < -0.3 is 5.11 Å². The Labute approximate surface area is 124 Å². The third-order valence-corrected chi connectivity index (χ3v) is 5.19. The first-order valence-electron chi connectivity index (χ1n) is 6.56. The summed E-state index contributed by atoms with van der Waals surface area (Å²) in [7, 11) is -3.43. The predicted octanol–water partition coefficient (Wildman–Crippen LogP) is 2.34. The molecule has 0 aromatic heterocycles. The van der Waals surface area contributed by atoms with E-state index in [-0.39, 0.29) is 12.5 Å². The van der Waals surface area contributed by atoms with Crippen LogP contribution in [0.25, 0.3) is 6.08 Å². The van der Waals surface area contributed by atoms with Gasteiger partial charge in [-0.25, -0.2) is 8.42 Å². The molecule has 1 aromatic carbocycles. The van der Waals surface area contributed by atoms with Crippen molar-refractivity contribution in [1.82, 2.24) is 4.31 Å². The summed E-state index contributed by atoms with van der Waals surface area (Å²) in [5.41, 5.74) is 0.786. The van der Waals surface area contributed by atoms with Crippen LogP contribution in [0.2, 0.25) is 5.02 Å². The second-order valence-electron chi connectivity index (χ2n) is 4.95. The second-order valence-corrected chi connectivity index (χ2v) is 7.20. The van der Waals surface area contributed by atoms with Gasteiger partial charge in [0.1, 0.15) is 0 Å². The summed E-state index contributed by atoms with van der Waals surface area (Å²) in [4.78, 5) is 0. The minimum Gasteiger partial charge on any atom is -0.396 e. The number of sulfonamides is 1. The average Bonchev–Trinajstić information content (AvgIpc) is 2.47. The Morgan fingerprint density at radius 1 is 1.35 bits per heavy atom. The van der Waals surface area contributed by atoms with Crippen molar-refractivity contribution in [3.8, 4) is 0 Å². The topological polar surface area (TPSA) is 57.6 Å². The van der Waals surface area contributed by atoms with E-state index < -0.39 is 10.0 Å². The Morgan fingerprint density at radius 3 is 2.70 bits per heavy atom. The molecule has 110 valence electrons. The summed E-state index contributed by atoms with van der Waals surface area (Å²) >= 11 is 5.78. The van der Waals surface area contributed by atoms with Gasteiger partial charge in [0.2, 0.25) is 10.0 Å². The van der Waals surface area contributed by atoms with Crippen molar-refractivity contribution in [2.45, 2.75) is 12.8 Å². The number of piperidine rings is 1. The van der Waals surface area contributed by atoms with E-state index in [1.807, 2.05) is 0 Å². The maximum atomic E-state index is 12.2. The Balaban J connectivity index is 2.08. The molecule has 2 rings (SSSR count). The molecule has 1 aromatic rings. The van der Waals surface area contributed by atoms with Crippen LogP contribution in [0.3, 0.4) is 0 Å². The van der Waals surface area contributed by atoms with Gasteiger partial charge in [0.05, 0.1) is 0 Å². The summed E-state index contributed by atoms with van der Waals surface area (Å²) < 4.78 is 25.9. The Hall–Kier alpha value is -0.880. The lowest BCUT2D eigenvalue weighted by Crippen LogP contribution is -2.39. The molecule has 6 heteroatoms. The first-order valence-corrected chi connectivity index (χ1v) is 8.44. The molecule has 0 radical (unpaired) electrons. The molecule has 1 heterocycles. The van der Waals surface area contributed by atoms with Gasteiger partial charge in [-0.05, 0) is 42.5 Å². The monoisotopic (exact) mass is 315 g/mol. The Morgan fingerprint density at radius 2 is 2.05 bits per heavy atom. The summed E-state index contributed by atoms with van der Waals surface area (Å²) in [6.45, 7) is 0.945. The molecular formula is C14H18ClNO3S. The van der Waals surface area contributed by atoms with Gasteiger partial charge in [-0.15, -0.1) is 0 Å². The molecule has 0 amide bonds. The maximum absolute atomic E-state index is 12.2. The van der Waals surface area contributed by atoms with E-state index in [0.717, 1.165) is 18.4 Å². The summed E-state index contributed by atoms with van der Waals surface area (Å²) in [5.74, 6) is 0.0439. The molecule has 0 aliphatic carbocycles. The number of aliphatic hydroxyl groups excluding tert-OH is 1. The standard InChI is InChI=1S/C14H18ClNO3S/c15-14-5-3-12(4-6-14)7-9-20(18,19)16-8-1-2-13(10-16)11-17/h3-7,9,13,17H,1-2,8,10-11H2/b9-7+. The fourth-order valence-electron chi connectivity index (χ4n) is 2.23. The summed E-state index contributed by atoms with van der Waals surface area (Å²) in [6.07, 6.45) is 3.23. The largest absolute Gasteiger partial charge is 0.396 e. The van der Waals surface area contributed by atoms with E-state index in [2.05, 4.69) is 0 Å². The third kappa shape index (κ3) is 4.06. The van der Waals surface area contributed by atoms with Gasteiger partial charge in [0.25, 0.3) is 0 Å². The van der Waals surface area contributed by atoms with E-state index in [9.17, 15) is 8.42 Å². The van der Waals surface area contributed by atoms with Crippen molar-refractivity contribution in [1.29, 1.82) is 0 Å². The van der Waals surface area contributed by atoms with Crippen molar-refractivity contribution in [2.24, 2.45) is 5.92 Å². The summed E-state index contributed by atoms with van der Waals surface area (Å²) in [5, 5.41) is 11.0. The first kappa shape index (κ1) is 15.5. The van der Waals surface area contributed by atoms with E-state index in [4.69, 9.17) is 16.7 Å². The third-order valence-electron chi connectivity index (χ3n) is 3.40. The Bertz CT molecular complexity index is 569. The molecule has 1 N–H and O–H groups in total. The van der Waals surface area contributed by atoms with Gasteiger partial charge in [-0.3, -0.25) is 0 Å². The van der Waals surface area contributed by atoms with Crippen LogP contribution in [-0.2, 0) is 10.0 Å². The van der Waals surface area contributed by atoms with Crippen molar-refractivity contribution in [2.75, 3.05) is 19.7 Å². The SMILES string of the molecule is O=S(=O)(/C=C/c1ccc(Cl)cc1)N1CCCC(CO)C1. The second kappa shape index (κ2) is 6.72. The van der Waals surface area contributed by atoms with Crippen molar-refractivity contribution >= 4 is 27.7 Å². The fraction of sp³-hybridized carbons (Fsp3) is 0.429. The number of rotatable bonds is 4. The maximum Gasteiger partial charge on any atom is 0.236 e. The first-order chi connectivity index (χ1) is 9.51. The highest BCUT2D eigenvalue weighted by Crippen LogP contribution is 2.20. The number of hydrogen-bond donors (Lipinski definition) is 1. The lowest BCUT2D eigenvalue weighted by molar-refractivity contribution is 0.166. The number of aliphatic hydroxyl groups is 1. The molecule has 1 atom stereocenters. The van der Waals surface area contributed by atoms with Gasteiger partial charge >= 0.3 is 0 Å². The highest BCUT2D eigenvalue weighted by Gasteiger charge is 2.26. The molecule has 0 bridgehead atoms. The highest BCUT2D eigenvalue weighted by molar-refractivity contribution is 7.92. The van der Waals surface area contributed by atoms with Crippen LogP contribution < -0.4 is 0 Å². The smallest absolute Gasteiger partial charge is 0.236 e. The van der Waals surface area contributed by atoms with E-state index in [1.165, 1.54) is 9.71 Å². The van der Waals surface area contributed by atoms with Crippen LogP contribution in [0.5, 0.6) is 0 Å². The van der Waals surface area contributed by atoms with E-state index >= 15 is 0 Å².